The average molecular weight is 373 g/mol. The van der Waals surface area contributed by atoms with Gasteiger partial charge >= 0.3 is 0 Å². The number of rotatable bonds is 4. The third-order valence-corrected chi connectivity index (χ3v) is 5.43. The maximum Gasteiger partial charge on any atom is 0.153 e. The van der Waals surface area contributed by atoms with E-state index in [-0.39, 0.29) is 0 Å². The number of nitrogens with one attached hydrogen (secondary N) is 1. The lowest BCUT2D eigenvalue weighted by atomic mass is 10.2. The zero-order valence-electron chi connectivity index (χ0n) is 15.9. The summed E-state index contributed by atoms with van der Waals surface area (Å²) in [4.78, 5) is 17.4. The summed E-state index contributed by atoms with van der Waals surface area (Å²) in [5.41, 5.74) is 2.71. The molecule has 0 saturated carbocycles. The normalized spacial score (nSPS) is 15.4. The number of likely N-dealkylation sites (N-methyl/N-ethyl adjacent to an activating group) is 1. The molecule has 1 aliphatic rings. The van der Waals surface area contributed by atoms with Crippen LogP contribution >= 0.6 is 0 Å². The maximum atomic E-state index is 5.92. The van der Waals surface area contributed by atoms with Crippen molar-refractivity contribution in [3.05, 3.63) is 54.9 Å². The van der Waals surface area contributed by atoms with Crippen molar-refractivity contribution in [2.24, 2.45) is 0 Å². The minimum atomic E-state index is 0.790. The number of fused-ring (bicyclic) bond motifs is 1. The fraction of sp³-hybridized carbons (Fsp3) is 0.273. The number of benzene rings is 1. The first-order chi connectivity index (χ1) is 13.8. The summed E-state index contributed by atoms with van der Waals surface area (Å²) in [6.07, 6.45) is 3.70. The van der Waals surface area contributed by atoms with Crippen molar-refractivity contribution < 1.29 is 4.42 Å². The van der Waals surface area contributed by atoms with Gasteiger partial charge in [-0.1, -0.05) is 25.1 Å². The van der Waals surface area contributed by atoms with Crippen LogP contribution in [0.1, 0.15) is 6.92 Å². The Kier molecular flexibility index (Phi) is 4.33. The van der Waals surface area contributed by atoms with Crippen LogP contribution in [0, 0.1) is 0 Å². The second-order valence-corrected chi connectivity index (χ2v) is 7.12. The van der Waals surface area contributed by atoms with Gasteiger partial charge in [0.25, 0.3) is 0 Å². The molecule has 5 rings (SSSR count). The van der Waals surface area contributed by atoms with Crippen molar-refractivity contribution >= 4 is 16.8 Å². The lowest BCUT2D eigenvalue weighted by Gasteiger charge is -2.34. The molecule has 3 aromatic heterocycles. The summed E-state index contributed by atoms with van der Waals surface area (Å²) in [5, 5.41) is 1.09. The third-order valence-electron chi connectivity index (χ3n) is 5.43. The number of anilines is 1. The number of pyridine rings is 1. The van der Waals surface area contributed by atoms with E-state index in [0.717, 1.165) is 72.4 Å². The monoisotopic (exact) mass is 373 g/mol. The molecule has 0 unspecified atom stereocenters. The lowest BCUT2D eigenvalue weighted by Crippen LogP contribution is -2.46. The van der Waals surface area contributed by atoms with Crippen LogP contribution in [-0.4, -0.2) is 52.6 Å². The molecule has 6 nitrogen and oxygen atoms in total. The Morgan fingerprint density at radius 3 is 2.61 bits per heavy atom. The van der Waals surface area contributed by atoms with E-state index >= 15 is 0 Å². The zero-order valence-corrected chi connectivity index (χ0v) is 15.9. The van der Waals surface area contributed by atoms with Crippen LogP contribution in [-0.2, 0) is 0 Å². The van der Waals surface area contributed by atoms with E-state index < -0.39 is 0 Å². The van der Waals surface area contributed by atoms with E-state index in [1.807, 2.05) is 42.7 Å². The molecule has 1 saturated heterocycles. The Morgan fingerprint density at radius 1 is 1.00 bits per heavy atom. The van der Waals surface area contributed by atoms with Gasteiger partial charge < -0.3 is 19.2 Å². The second kappa shape index (κ2) is 7.13. The standard InChI is InChI=1S/C22H23N5O/c1-2-26-9-11-27(12-10-26)21-8-7-17(14-23-21)22-24-15-18(25-22)20-13-16-5-3-4-6-19(16)28-20/h3-8,13-15H,2,9-12H2,1H3,(H,24,25). The minimum absolute atomic E-state index is 0.790. The van der Waals surface area contributed by atoms with Gasteiger partial charge in [0.05, 0.1) is 6.20 Å². The lowest BCUT2D eigenvalue weighted by molar-refractivity contribution is 0.270. The van der Waals surface area contributed by atoms with Crippen LogP contribution in [0.2, 0.25) is 0 Å². The molecule has 1 aromatic carbocycles. The number of nitrogens with zero attached hydrogens (tertiary/aromatic N) is 4. The van der Waals surface area contributed by atoms with E-state index in [1.54, 1.807) is 0 Å². The van der Waals surface area contributed by atoms with Crippen LogP contribution in [0.15, 0.2) is 59.3 Å². The van der Waals surface area contributed by atoms with Crippen LogP contribution in [0.4, 0.5) is 5.82 Å². The van der Waals surface area contributed by atoms with Gasteiger partial charge in [0.15, 0.2) is 5.76 Å². The molecular weight excluding hydrogens is 350 g/mol. The van der Waals surface area contributed by atoms with E-state index in [9.17, 15) is 0 Å². The topological polar surface area (TPSA) is 61.2 Å². The number of hydrogen-bond donors (Lipinski definition) is 1. The van der Waals surface area contributed by atoms with Gasteiger partial charge in [-0.15, -0.1) is 0 Å². The summed E-state index contributed by atoms with van der Waals surface area (Å²) in [6, 6.07) is 14.2. The van der Waals surface area contributed by atoms with Crippen LogP contribution in [0.5, 0.6) is 0 Å². The van der Waals surface area contributed by atoms with Gasteiger partial charge in [0, 0.05) is 43.3 Å². The summed E-state index contributed by atoms with van der Waals surface area (Å²) >= 11 is 0. The molecule has 0 amide bonds. The summed E-state index contributed by atoms with van der Waals surface area (Å²) in [5.74, 6) is 2.62. The molecule has 6 heteroatoms. The largest absolute Gasteiger partial charge is 0.454 e. The molecule has 1 fully saturated rings. The highest BCUT2D eigenvalue weighted by Crippen LogP contribution is 2.28. The van der Waals surface area contributed by atoms with Crippen molar-refractivity contribution in [2.75, 3.05) is 37.6 Å². The zero-order chi connectivity index (χ0) is 18.9. The first-order valence-corrected chi connectivity index (χ1v) is 9.78. The first-order valence-electron chi connectivity index (χ1n) is 9.78. The van der Waals surface area contributed by atoms with Crippen molar-refractivity contribution in [1.29, 1.82) is 0 Å². The number of imidazole rings is 1. The third kappa shape index (κ3) is 3.16. The van der Waals surface area contributed by atoms with E-state index in [4.69, 9.17) is 4.42 Å². The van der Waals surface area contributed by atoms with Gasteiger partial charge in [0.1, 0.15) is 22.9 Å². The molecule has 142 valence electrons. The molecule has 1 aliphatic heterocycles. The number of para-hydroxylation sites is 1. The molecule has 0 spiro atoms. The second-order valence-electron chi connectivity index (χ2n) is 7.12. The van der Waals surface area contributed by atoms with E-state index in [2.05, 4.69) is 43.8 Å². The molecule has 0 radical (unpaired) electrons. The highest BCUT2D eigenvalue weighted by molar-refractivity contribution is 5.82. The highest BCUT2D eigenvalue weighted by Gasteiger charge is 2.17. The van der Waals surface area contributed by atoms with Gasteiger partial charge in [-0.2, -0.15) is 0 Å². The van der Waals surface area contributed by atoms with Crippen molar-refractivity contribution in [3.8, 4) is 22.8 Å². The predicted octanol–water partition coefficient (Wildman–Crippen LogP) is 4.03. The number of H-pyrrole nitrogens is 1. The molecule has 0 bridgehead atoms. The Balaban J connectivity index is 1.34. The number of aromatic nitrogens is 3. The van der Waals surface area contributed by atoms with Gasteiger partial charge in [-0.3, -0.25) is 0 Å². The fourth-order valence-corrected chi connectivity index (χ4v) is 3.71. The molecule has 0 aliphatic carbocycles. The number of piperazine rings is 1. The van der Waals surface area contributed by atoms with Crippen LogP contribution < -0.4 is 4.90 Å². The van der Waals surface area contributed by atoms with Crippen molar-refractivity contribution in [2.45, 2.75) is 6.92 Å². The Labute approximate surface area is 163 Å². The molecule has 1 N–H and O–H groups in total. The summed E-state index contributed by atoms with van der Waals surface area (Å²) < 4.78 is 5.92. The molecule has 4 heterocycles. The Bertz CT molecular complexity index is 1040. The Morgan fingerprint density at radius 2 is 1.86 bits per heavy atom. The number of furan rings is 1. The average Bonchev–Trinajstić information content (AvgIpc) is 3.41. The molecule has 0 atom stereocenters. The van der Waals surface area contributed by atoms with Crippen molar-refractivity contribution in [1.82, 2.24) is 19.9 Å². The first kappa shape index (κ1) is 17.0. The summed E-state index contributed by atoms with van der Waals surface area (Å²) in [7, 11) is 0. The van der Waals surface area contributed by atoms with Gasteiger partial charge in [0.2, 0.25) is 0 Å². The van der Waals surface area contributed by atoms with E-state index in [1.165, 1.54) is 0 Å². The quantitative estimate of drug-likeness (QED) is 0.585. The van der Waals surface area contributed by atoms with Crippen LogP contribution in [0.3, 0.4) is 0 Å². The smallest absolute Gasteiger partial charge is 0.153 e. The van der Waals surface area contributed by atoms with Gasteiger partial charge in [-0.05, 0) is 30.8 Å². The SMILES string of the molecule is CCN1CCN(c2ccc(-c3ncc(-c4cc5ccccc5o4)[nH]3)cn2)CC1. The summed E-state index contributed by atoms with van der Waals surface area (Å²) in [6.45, 7) is 7.57. The minimum Gasteiger partial charge on any atom is -0.454 e. The molecular formula is C22H23N5O. The number of aromatic amines is 1. The van der Waals surface area contributed by atoms with Crippen LogP contribution in [0.25, 0.3) is 33.8 Å². The Hall–Kier alpha value is -3.12. The number of hydrogen-bond acceptors (Lipinski definition) is 5. The van der Waals surface area contributed by atoms with E-state index in [0.29, 0.717) is 0 Å². The maximum absolute atomic E-state index is 5.92. The predicted molar refractivity (Wildman–Crippen MR) is 111 cm³/mol. The molecule has 4 aromatic rings. The fourth-order valence-electron chi connectivity index (χ4n) is 3.71. The van der Waals surface area contributed by atoms with Crippen molar-refractivity contribution in [3.63, 3.8) is 0 Å². The molecule has 28 heavy (non-hydrogen) atoms. The highest BCUT2D eigenvalue weighted by atomic mass is 16.3. The van der Waals surface area contributed by atoms with Gasteiger partial charge in [-0.25, -0.2) is 9.97 Å².